The van der Waals surface area contributed by atoms with E-state index >= 15 is 0 Å². The summed E-state index contributed by atoms with van der Waals surface area (Å²) in [5.41, 5.74) is 5.58. The van der Waals surface area contributed by atoms with E-state index in [1.807, 2.05) is 78.9 Å². The lowest BCUT2D eigenvalue weighted by molar-refractivity contribution is 0.463. The molecular weight excluding hydrogens is 386 g/mol. The standard InChI is InChI=1S/C26H17N3O2/c1-2-9-24-20(8-1)21-15-18(11-12-25(21)31-24)23-16-22(28-29-23)17-6-5-7-19(14-17)30-26-10-3-4-13-27-26/h1-16H,(H,28,29). The van der Waals surface area contributed by atoms with E-state index in [1.165, 1.54) is 0 Å². The van der Waals surface area contributed by atoms with Crippen LogP contribution in [0.25, 0.3) is 44.5 Å². The highest BCUT2D eigenvalue weighted by atomic mass is 16.5. The highest BCUT2D eigenvalue weighted by molar-refractivity contribution is 6.06. The van der Waals surface area contributed by atoms with E-state index in [1.54, 1.807) is 6.20 Å². The molecule has 31 heavy (non-hydrogen) atoms. The van der Waals surface area contributed by atoms with E-state index in [-0.39, 0.29) is 0 Å². The first-order valence-corrected chi connectivity index (χ1v) is 10.00. The summed E-state index contributed by atoms with van der Waals surface area (Å²) in [5.74, 6) is 1.27. The van der Waals surface area contributed by atoms with Crippen LogP contribution in [0.1, 0.15) is 0 Å². The van der Waals surface area contributed by atoms with Gasteiger partial charge in [-0.3, -0.25) is 5.10 Å². The Morgan fingerprint density at radius 1 is 0.710 bits per heavy atom. The van der Waals surface area contributed by atoms with Crippen molar-refractivity contribution in [3.8, 4) is 34.1 Å². The lowest BCUT2D eigenvalue weighted by Crippen LogP contribution is -1.87. The molecule has 6 rings (SSSR count). The van der Waals surface area contributed by atoms with Crippen LogP contribution in [0, 0.1) is 0 Å². The zero-order valence-corrected chi connectivity index (χ0v) is 16.4. The largest absolute Gasteiger partial charge is 0.456 e. The second-order valence-corrected chi connectivity index (χ2v) is 7.27. The van der Waals surface area contributed by atoms with Crippen molar-refractivity contribution >= 4 is 21.9 Å². The van der Waals surface area contributed by atoms with Crippen LogP contribution in [-0.4, -0.2) is 15.2 Å². The predicted octanol–water partition coefficient (Wildman–Crippen LogP) is 6.83. The van der Waals surface area contributed by atoms with Crippen molar-refractivity contribution in [2.45, 2.75) is 0 Å². The lowest BCUT2D eigenvalue weighted by atomic mass is 10.1. The molecule has 5 heteroatoms. The van der Waals surface area contributed by atoms with Gasteiger partial charge in [0.1, 0.15) is 16.9 Å². The van der Waals surface area contributed by atoms with Crippen molar-refractivity contribution in [3.63, 3.8) is 0 Å². The number of hydrogen-bond donors (Lipinski definition) is 1. The number of H-pyrrole nitrogens is 1. The molecule has 0 spiro atoms. The van der Waals surface area contributed by atoms with Crippen LogP contribution in [0.15, 0.2) is 102 Å². The smallest absolute Gasteiger partial charge is 0.219 e. The van der Waals surface area contributed by atoms with Gasteiger partial charge in [0.15, 0.2) is 0 Å². The molecule has 0 radical (unpaired) electrons. The molecule has 6 aromatic rings. The molecule has 1 N–H and O–H groups in total. The Morgan fingerprint density at radius 2 is 1.61 bits per heavy atom. The first-order valence-electron chi connectivity index (χ1n) is 10.00. The van der Waals surface area contributed by atoms with Gasteiger partial charge < -0.3 is 9.15 Å². The van der Waals surface area contributed by atoms with E-state index < -0.39 is 0 Å². The molecule has 0 aliphatic carbocycles. The van der Waals surface area contributed by atoms with Crippen molar-refractivity contribution < 1.29 is 9.15 Å². The average molecular weight is 403 g/mol. The fourth-order valence-corrected chi connectivity index (χ4v) is 3.76. The van der Waals surface area contributed by atoms with E-state index in [2.05, 4.69) is 27.3 Å². The molecule has 0 aliphatic rings. The van der Waals surface area contributed by atoms with Gasteiger partial charge in [-0.15, -0.1) is 0 Å². The Morgan fingerprint density at radius 3 is 2.55 bits per heavy atom. The minimum Gasteiger partial charge on any atom is -0.456 e. The lowest BCUT2D eigenvalue weighted by Gasteiger charge is -2.05. The van der Waals surface area contributed by atoms with Gasteiger partial charge in [0.05, 0.1) is 11.4 Å². The molecule has 5 nitrogen and oxygen atoms in total. The monoisotopic (exact) mass is 403 g/mol. The Hall–Kier alpha value is -4.38. The Labute approximate surface area is 177 Å². The van der Waals surface area contributed by atoms with Crippen molar-refractivity contribution in [2.24, 2.45) is 0 Å². The maximum absolute atomic E-state index is 5.93. The van der Waals surface area contributed by atoms with Crippen LogP contribution in [0.5, 0.6) is 11.6 Å². The molecule has 3 heterocycles. The summed E-state index contributed by atoms with van der Waals surface area (Å²) in [6, 6.07) is 29.7. The number of hydrogen-bond acceptors (Lipinski definition) is 4. The average Bonchev–Trinajstić information content (AvgIpc) is 3.45. The third-order valence-corrected chi connectivity index (χ3v) is 5.26. The Balaban J connectivity index is 1.34. The van der Waals surface area contributed by atoms with Gasteiger partial charge >= 0.3 is 0 Å². The van der Waals surface area contributed by atoms with E-state index in [9.17, 15) is 0 Å². The first kappa shape index (κ1) is 17.5. The molecule has 0 aliphatic heterocycles. The van der Waals surface area contributed by atoms with Crippen LogP contribution in [0.3, 0.4) is 0 Å². The Kier molecular flexibility index (Phi) is 4.03. The van der Waals surface area contributed by atoms with Gasteiger partial charge in [-0.05, 0) is 48.5 Å². The van der Waals surface area contributed by atoms with Crippen LogP contribution < -0.4 is 4.74 Å². The fourth-order valence-electron chi connectivity index (χ4n) is 3.76. The summed E-state index contributed by atoms with van der Waals surface area (Å²) in [6.45, 7) is 0. The van der Waals surface area contributed by atoms with Gasteiger partial charge in [-0.2, -0.15) is 5.10 Å². The summed E-state index contributed by atoms with van der Waals surface area (Å²) in [6.07, 6.45) is 1.71. The van der Waals surface area contributed by atoms with E-state index in [0.29, 0.717) is 11.6 Å². The number of fused-ring (bicyclic) bond motifs is 3. The maximum atomic E-state index is 5.93. The molecule has 0 amide bonds. The van der Waals surface area contributed by atoms with Gasteiger partial charge in [-0.25, -0.2) is 4.98 Å². The quantitative estimate of drug-likeness (QED) is 0.350. The molecule has 0 saturated carbocycles. The highest BCUT2D eigenvalue weighted by Crippen LogP contribution is 2.33. The maximum Gasteiger partial charge on any atom is 0.219 e. The number of pyridine rings is 1. The number of aromatic amines is 1. The number of nitrogens with one attached hydrogen (secondary N) is 1. The second-order valence-electron chi connectivity index (χ2n) is 7.27. The van der Waals surface area contributed by atoms with Crippen molar-refractivity contribution in [1.82, 2.24) is 15.2 Å². The SMILES string of the molecule is c1ccc(Oc2cccc(-c3cc(-c4ccc5oc6ccccc6c5c4)[nH]n3)c2)nc1. The number of aromatic nitrogens is 3. The minimum atomic E-state index is 0.558. The first-order chi connectivity index (χ1) is 15.3. The van der Waals surface area contributed by atoms with Gasteiger partial charge in [0, 0.05) is 34.2 Å². The highest BCUT2D eigenvalue weighted by Gasteiger charge is 2.11. The number of benzene rings is 3. The van der Waals surface area contributed by atoms with Crippen molar-refractivity contribution in [3.05, 3.63) is 97.2 Å². The number of ether oxygens (including phenoxy) is 1. The molecule has 3 aromatic carbocycles. The van der Waals surface area contributed by atoms with Crippen LogP contribution in [0.2, 0.25) is 0 Å². The summed E-state index contributed by atoms with van der Waals surface area (Å²) in [7, 11) is 0. The van der Waals surface area contributed by atoms with Gasteiger partial charge in [0.25, 0.3) is 0 Å². The normalized spacial score (nSPS) is 11.2. The summed E-state index contributed by atoms with van der Waals surface area (Å²) in [5, 5.41) is 9.88. The second kappa shape index (κ2) is 7.15. The molecule has 0 fully saturated rings. The fraction of sp³-hybridized carbons (Fsp3) is 0. The number of para-hydroxylation sites is 1. The summed E-state index contributed by atoms with van der Waals surface area (Å²) in [4.78, 5) is 4.21. The van der Waals surface area contributed by atoms with E-state index in [0.717, 1.165) is 44.5 Å². The topological polar surface area (TPSA) is 63.9 Å². The molecule has 0 bridgehead atoms. The number of rotatable bonds is 4. The van der Waals surface area contributed by atoms with Gasteiger partial charge in [0.2, 0.25) is 5.88 Å². The molecule has 3 aromatic heterocycles. The minimum absolute atomic E-state index is 0.558. The number of furan rings is 1. The summed E-state index contributed by atoms with van der Waals surface area (Å²) >= 11 is 0. The zero-order chi connectivity index (χ0) is 20.6. The number of nitrogens with zero attached hydrogens (tertiary/aromatic N) is 2. The third kappa shape index (κ3) is 3.22. The Bertz CT molecular complexity index is 1520. The predicted molar refractivity (Wildman–Crippen MR) is 121 cm³/mol. The van der Waals surface area contributed by atoms with Gasteiger partial charge in [-0.1, -0.05) is 36.4 Å². The molecule has 0 atom stereocenters. The third-order valence-electron chi connectivity index (χ3n) is 5.26. The molecular formula is C26H17N3O2. The van der Waals surface area contributed by atoms with E-state index in [4.69, 9.17) is 9.15 Å². The molecule has 148 valence electrons. The molecule has 0 saturated heterocycles. The van der Waals surface area contributed by atoms with Crippen molar-refractivity contribution in [2.75, 3.05) is 0 Å². The van der Waals surface area contributed by atoms with Crippen molar-refractivity contribution in [1.29, 1.82) is 0 Å². The van der Waals surface area contributed by atoms with Crippen LogP contribution in [0.4, 0.5) is 0 Å². The molecule has 0 unspecified atom stereocenters. The van der Waals surface area contributed by atoms with Crippen LogP contribution >= 0.6 is 0 Å². The summed E-state index contributed by atoms with van der Waals surface area (Å²) < 4.78 is 11.8. The zero-order valence-electron chi connectivity index (χ0n) is 16.4. The van der Waals surface area contributed by atoms with Crippen LogP contribution in [-0.2, 0) is 0 Å².